The van der Waals surface area contributed by atoms with Crippen molar-refractivity contribution in [1.82, 2.24) is 19.8 Å². The number of rotatable bonds is 8. The van der Waals surface area contributed by atoms with Crippen molar-refractivity contribution in [2.24, 2.45) is 0 Å². The van der Waals surface area contributed by atoms with Crippen molar-refractivity contribution in [1.29, 1.82) is 0 Å². The first-order chi connectivity index (χ1) is 16.0. The Morgan fingerprint density at radius 1 is 1.00 bits per heavy atom. The molecular weight excluding hydrogens is 440 g/mol. The summed E-state index contributed by atoms with van der Waals surface area (Å²) in [5, 5.41) is 19.2. The van der Waals surface area contributed by atoms with Crippen LogP contribution in [0.15, 0.2) is 65.7 Å². The first kappa shape index (κ1) is 22.3. The van der Waals surface area contributed by atoms with Crippen LogP contribution >= 0.6 is 11.8 Å². The maximum absolute atomic E-state index is 12.4. The van der Waals surface area contributed by atoms with E-state index in [2.05, 4.69) is 25.9 Å². The standard InChI is InChI=1S/C23H22N6O3S/c1-3-32-19-9-7-16(8-10-19)23-27-26-20-11-12-22(28-29(20)23)33-14-21(31)25-18-6-4-5-17(13-18)24-15(2)30/h4-13H,3,14H2,1-2H3,(H,24,30)(H,25,31). The van der Waals surface area contributed by atoms with Crippen LogP contribution in [-0.2, 0) is 9.59 Å². The minimum absolute atomic E-state index is 0.170. The van der Waals surface area contributed by atoms with Crippen molar-refractivity contribution >= 4 is 40.6 Å². The molecule has 10 heteroatoms. The summed E-state index contributed by atoms with van der Waals surface area (Å²) in [6.07, 6.45) is 0. The number of aromatic nitrogens is 4. The van der Waals surface area contributed by atoms with Crippen molar-refractivity contribution in [3.63, 3.8) is 0 Å². The van der Waals surface area contributed by atoms with E-state index in [-0.39, 0.29) is 17.6 Å². The molecule has 0 radical (unpaired) electrons. The van der Waals surface area contributed by atoms with Crippen LogP contribution in [0.5, 0.6) is 5.75 Å². The van der Waals surface area contributed by atoms with Gasteiger partial charge in [0.05, 0.1) is 12.4 Å². The van der Waals surface area contributed by atoms with Gasteiger partial charge in [-0.25, -0.2) is 0 Å². The maximum Gasteiger partial charge on any atom is 0.234 e. The van der Waals surface area contributed by atoms with Crippen LogP contribution in [0.3, 0.4) is 0 Å². The van der Waals surface area contributed by atoms with E-state index in [0.29, 0.717) is 34.5 Å². The summed E-state index contributed by atoms with van der Waals surface area (Å²) in [5.41, 5.74) is 2.70. The van der Waals surface area contributed by atoms with Gasteiger partial charge in [-0.2, -0.15) is 9.61 Å². The zero-order chi connectivity index (χ0) is 23.2. The summed E-state index contributed by atoms with van der Waals surface area (Å²) in [6, 6.07) is 18.2. The molecule has 4 aromatic rings. The molecule has 33 heavy (non-hydrogen) atoms. The molecule has 0 bridgehead atoms. The van der Waals surface area contributed by atoms with Gasteiger partial charge in [0.15, 0.2) is 11.5 Å². The smallest absolute Gasteiger partial charge is 0.234 e. The molecule has 2 aromatic heterocycles. The number of carbonyl (C=O) groups excluding carboxylic acids is 2. The Morgan fingerprint density at radius 3 is 2.48 bits per heavy atom. The fraction of sp³-hybridized carbons (Fsp3) is 0.174. The lowest BCUT2D eigenvalue weighted by Gasteiger charge is -2.08. The topological polar surface area (TPSA) is 111 Å². The molecule has 2 heterocycles. The van der Waals surface area contributed by atoms with Crippen LogP contribution in [0.25, 0.3) is 17.0 Å². The number of carbonyl (C=O) groups is 2. The second-order valence-electron chi connectivity index (χ2n) is 7.02. The predicted octanol–water partition coefficient (Wildman–Crippen LogP) is 3.88. The van der Waals surface area contributed by atoms with Crippen LogP contribution in [-0.4, -0.2) is 44.0 Å². The molecule has 0 spiro atoms. The molecular formula is C23H22N6O3S. The molecule has 0 aliphatic rings. The Labute approximate surface area is 194 Å². The minimum Gasteiger partial charge on any atom is -0.494 e. The highest BCUT2D eigenvalue weighted by Crippen LogP contribution is 2.23. The van der Waals surface area contributed by atoms with E-state index in [1.807, 2.05) is 37.3 Å². The molecule has 0 saturated heterocycles. The summed E-state index contributed by atoms with van der Waals surface area (Å²) in [6.45, 7) is 3.97. The number of nitrogens with zero attached hydrogens (tertiary/aromatic N) is 4. The average Bonchev–Trinajstić information content (AvgIpc) is 3.21. The number of anilines is 2. The SMILES string of the molecule is CCOc1ccc(-c2nnc3ccc(SCC(=O)Nc4cccc(NC(C)=O)c4)nn23)cc1. The fourth-order valence-electron chi connectivity index (χ4n) is 3.11. The van der Waals surface area contributed by atoms with Crippen molar-refractivity contribution in [2.45, 2.75) is 18.9 Å². The number of benzene rings is 2. The van der Waals surface area contributed by atoms with Crippen molar-refractivity contribution in [3.05, 3.63) is 60.7 Å². The number of hydrogen-bond donors (Lipinski definition) is 2. The van der Waals surface area contributed by atoms with E-state index in [1.165, 1.54) is 18.7 Å². The number of fused-ring (bicyclic) bond motifs is 1. The molecule has 0 aliphatic heterocycles. The molecule has 4 rings (SSSR count). The maximum atomic E-state index is 12.4. The molecule has 2 aromatic carbocycles. The highest BCUT2D eigenvalue weighted by Gasteiger charge is 2.12. The molecule has 0 atom stereocenters. The molecule has 9 nitrogen and oxygen atoms in total. The Hall–Kier alpha value is -3.92. The van der Waals surface area contributed by atoms with Gasteiger partial charge in [-0.05, 0) is 61.5 Å². The summed E-state index contributed by atoms with van der Waals surface area (Å²) < 4.78 is 7.15. The van der Waals surface area contributed by atoms with Crippen molar-refractivity contribution in [2.75, 3.05) is 23.0 Å². The predicted molar refractivity (Wildman–Crippen MR) is 127 cm³/mol. The van der Waals surface area contributed by atoms with Gasteiger partial charge < -0.3 is 15.4 Å². The number of hydrogen-bond acceptors (Lipinski definition) is 7. The van der Waals surface area contributed by atoms with Gasteiger partial charge in [-0.15, -0.1) is 10.2 Å². The third kappa shape index (κ3) is 5.66. The first-order valence-corrected chi connectivity index (χ1v) is 11.3. The number of ether oxygens (including phenoxy) is 1. The van der Waals surface area contributed by atoms with Gasteiger partial charge in [-0.1, -0.05) is 17.8 Å². The lowest BCUT2D eigenvalue weighted by Crippen LogP contribution is -2.14. The molecule has 168 valence electrons. The Morgan fingerprint density at radius 2 is 1.76 bits per heavy atom. The normalized spacial score (nSPS) is 10.7. The second-order valence-corrected chi connectivity index (χ2v) is 8.02. The van der Waals surface area contributed by atoms with E-state index in [4.69, 9.17) is 4.74 Å². The number of thioether (sulfide) groups is 1. The quantitative estimate of drug-likeness (QED) is 0.382. The molecule has 0 aliphatic carbocycles. The summed E-state index contributed by atoms with van der Waals surface area (Å²) in [7, 11) is 0. The van der Waals surface area contributed by atoms with E-state index < -0.39 is 0 Å². The number of nitrogens with one attached hydrogen (secondary N) is 2. The summed E-state index contributed by atoms with van der Waals surface area (Å²) in [5.74, 6) is 1.21. The van der Waals surface area contributed by atoms with E-state index in [0.717, 1.165) is 11.3 Å². The monoisotopic (exact) mass is 462 g/mol. The Kier molecular flexibility index (Phi) is 6.84. The minimum atomic E-state index is -0.183. The summed E-state index contributed by atoms with van der Waals surface area (Å²) >= 11 is 1.30. The van der Waals surface area contributed by atoms with E-state index in [9.17, 15) is 9.59 Å². The second kappa shape index (κ2) is 10.1. The lowest BCUT2D eigenvalue weighted by molar-refractivity contribution is -0.114. The van der Waals surface area contributed by atoms with Gasteiger partial charge in [0, 0.05) is 23.9 Å². The van der Waals surface area contributed by atoms with Gasteiger partial charge in [0.25, 0.3) is 0 Å². The van der Waals surface area contributed by atoms with Crippen molar-refractivity contribution in [3.8, 4) is 17.1 Å². The molecule has 0 saturated carbocycles. The molecule has 2 amide bonds. The van der Waals surface area contributed by atoms with E-state index in [1.54, 1.807) is 34.8 Å². The largest absolute Gasteiger partial charge is 0.494 e. The lowest BCUT2D eigenvalue weighted by atomic mass is 10.2. The van der Waals surface area contributed by atoms with Crippen LogP contribution in [0.1, 0.15) is 13.8 Å². The van der Waals surface area contributed by atoms with Crippen LogP contribution < -0.4 is 15.4 Å². The summed E-state index contributed by atoms with van der Waals surface area (Å²) in [4.78, 5) is 23.6. The Balaban J connectivity index is 1.43. The Bertz CT molecular complexity index is 1290. The van der Waals surface area contributed by atoms with Gasteiger partial charge in [0.1, 0.15) is 10.8 Å². The highest BCUT2D eigenvalue weighted by molar-refractivity contribution is 7.99. The average molecular weight is 463 g/mol. The zero-order valence-corrected chi connectivity index (χ0v) is 18.9. The van der Waals surface area contributed by atoms with Gasteiger partial charge in [-0.3, -0.25) is 9.59 Å². The molecule has 0 fully saturated rings. The van der Waals surface area contributed by atoms with Gasteiger partial charge in [0.2, 0.25) is 11.8 Å². The molecule has 0 unspecified atom stereocenters. The zero-order valence-electron chi connectivity index (χ0n) is 18.1. The van der Waals surface area contributed by atoms with Crippen LogP contribution in [0.2, 0.25) is 0 Å². The number of amides is 2. The first-order valence-electron chi connectivity index (χ1n) is 10.3. The van der Waals surface area contributed by atoms with E-state index >= 15 is 0 Å². The van der Waals surface area contributed by atoms with Gasteiger partial charge >= 0.3 is 0 Å². The fourth-order valence-corrected chi connectivity index (χ4v) is 3.77. The third-order valence-corrected chi connectivity index (χ3v) is 5.40. The third-order valence-electron chi connectivity index (χ3n) is 4.48. The highest BCUT2D eigenvalue weighted by atomic mass is 32.2. The molecule has 2 N–H and O–H groups in total. The van der Waals surface area contributed by atoms with Crippen LogP contribution in [0.4, 0.5) is 11.4 Å². The van der Waals surface area contributed by atoms with Crippen molar-refractivity contribution < 1.29 is 14.3 Å². The van der Waals surface area contributed by atoms with Crippen LogP contribution in [0, 0.1) is 0 Å².